The van der Waals surface area contributed by atoms with Crippen molar-refractivity contribution in [1.29, 1.82) is 0 Å². The standard InChI is InChI=1S/C25H27FN2O2/c1-4-16-28(2)23-13-11-21(17-22(23)26)18-7-9-19(10-8-18)24(29)14-12-20-6-5-15-27-25(20)30-3/h5-11,13,15,17H,4,12,14,16H2,1-3H3. The molecule has 0 spiro atoms. The van der Waals surface area contributed by atoms with E-state index < -0.39 is 0 Å². The molecule has 1 aromatic heterocycles. The van der Waals surface area contributed by atoms with Gasteiger partial charge < -0.3 is 9.64 Å². The molecule has 0 aliphatic rings. The molecule has 3 aromatic rings. The molecule has 30 heavy (non-hydrogen) atoms. The summed E-state index contributed by atoms with van der Waals surface area (Å²) in [4.78, 5) is 18.6. The zero-order chi connectivity index (χ0) is 21.5. The van der Waals surface area contributed by atoms with E-state index in [-0.39, 0.29) is 11.6 Å². The third kappa shape index (κ3) is 5.03. The van der Waals surface area contributed by atoms with Gasteiger partial charge in [0.2, 0.25) is 5.88 Å². The van der Waals surface area contributed by atoms with E-state index in [4.69, 9.17) is 4.74 Å². The number of rotatable bonds is 9. The van der Waals surface area contributed by atoms with Gasteiger partial charge in [-0.1, -0.05) is 43.3 Å². The lowest BCUT2D eigenvalue weighted by molar-refractivity contribution is 0.0982. The zero-order valence-corrected chi connectivity index (χ0v) is 17.7. The first-order chi connectivity index (χ1) is 14.5. The molecule has 3 rings (SSSR count). The number of anilines is 1. The number of nitrogens with zero attached hydrogens (tertiary/aromatic N) is 2. The molecule has 0 unspecified atom stereocenters. The van der Waals surface area contributed by atoms with Gasteiger partial charge in [-0.2, -0.15) is 0 Å². The molecule has 0 saturated carbocycles. The van der Waals surface area contributed by atoms with Crippen LogP contribution in [0.1, 0.15) is 35.7 Å². The summed E-state index contributed by atoms with van der Waals surface area (Å²) < 4.78 is 19.8. The van der Waals surface area contributed by atoms with Gasteiger partial charge in [-0.25, -0.2) is 9.37 Å². The summed E-state index contributed by atoms with van der Waals surface area (Å²) in [6.07, 6.45) is 3.56. The summed E-state index contributed by atoms with van der Waals surface area (Å²) in [7, 11) is 3.46. The molecule has 0 aliphatic carbocycles. The number of pyridine rings is 1. The van der Waals surface area contributed by atoms with Crippen LogP contribution in [0.3, 0.4) is 0 Å². The molecule has 0 N–H and O–H groups in total. The van der Waals surface area contributed by atoms with E-state index in [1.807, 2.05) is 42.3 Å². The number of carbonyl (C=O) groups is 1. The van der Waals surface area contributed by atoms with E-state index in [1.165, 1.54) is 0 Å². The maximum atomic E-state index is 14.5. The number of methoxy groups -OCH3 is 1. The number of benzene rings is 2. The Bertz CT molecular complexity index is 1000. The maximum absolute atomic E-state index is 14.5. The molecule has 1 heterocycles. The molecule has 0 atom stereocenters. The van der Waals surface area contributed by atoms with Crippen molar-refractivity contribution >= 4 is 11.5 Å². The second-order valence-corrected chi connectivity index (χ2v) is 7.26. The van der Waals surface area contributed by atoms with E-state index in [9.17, 15) is 9.18 Å². The Morgan fingerprint density at radius 3 is 2.50 bits per heavy atom. The molecule has 0 aliphatic heterocycles. The highest BCUT2D eigenvalue weighted by molar-refractivity contribution is 5.96. The van der Waals surface area contributed by atoms with Crippen LogP contribution in [0.4, 0.5) is 10.1 Å². The fraction of sp³-hybridized carbons (Fsp3) is 0.280. The number of halogens is 1. The van der Waals surface area contributed by atoms with Gasteiger partial charge in [0.15, 0.2) is 5.78 Å². The third-order valence-corrected chi connectivity index (χ3v) is 5.12. The van der Waals surface area contributed by atoms with Gasteiger partial charge in [0.1, 0.15) is 5.82 Å². The van der Waals surface area contributed by atoms with Crippen LogP contribution in [0, 0.1) is 5.82 Å². The molecule has 0 radical (unpaired) electrons. The average Bonchev–Trinajstić information content (AvgIpc) is 2.77. The van der Waals surface area contributed by atoms with Crippen molar-refractivity contribution in [3.05, 3.63) is 77.7 Å². The quantitative estimate of drug-likeness (QED) is 0.437. The van der Waals surface area contributed by atoms with Crippen molar-refractivity contribution < 1.29 is 13.9 Å². The highest BCUT2D eigenvalue weighted by Crippen LogP contribution is 2.27. The molecule has 156 valence electrons. The minimum absolute atomic E-state index is 0.0511. The van der Waals surface area contributed by atoms with Crippen LogP contribution in [-0.2, 0) is 6.42 Å². The first kappa shape index (κ1) is 21.5. The number of aromatic nitrogens is 1. The van der Waals surface area contributed by atoms with E-state index in [2.05, 4.69) is 11.9 Å². The number of hydrogen-bond acceptors (Lipinski definition) is 4. The van der Waals surface area contributed by atoms with Crippen molar-refractivity contribution in [3.8, 4) is 17.0 Å². The molecular formula is C25H27FN2O2. The second-order valence-electron chi connectivity index (χ2n) is 7.26. The van der Waals surface area contributed by atoms with Crippen LogP contribution >= 0.6 is 0 Å². The van der Waals surface area contributed by atoms with Crippen LogP contribution in [-0.4, -0.2) is 31.5 Å². The lowest BCUT2D eigenvalue weighted by Gasteiger charge is -2.19. The molecule has 0 saturated heterocycles. The second kappa shape index (κ2) is 10.0. The Morgan fingerprint density at radius 2 is 1.83 bits per heavy atom. The summed E-state index contributed by atoms with van der Waals surface area (Å²) in [5.74, 6) is 0.361. The maximum Gasteiger partial charge on any atom is 0.216 e. The first-order valence-electron chi connectivity index (χ1n) is 10.2. The smallest absolute Gasteiger partial charge is 0.216 e. The lowest BCUT2D eigenvalue weighted by Crippen LogP contribution is -2.18. The fourth-order valence-electron chi connectivity index (χ4n) is 3.49. The number of Topliss-reactive ketones (excluding diaryl/α,β-unsaturated/α-hetero) is 1. The van der Waals surface area contributed by atoms with Crippen LogP contribution in [0.15, 0.2) is 60.8 Å². The first-order valence-corrected chi connectivity index (χ1v) is 10.2. The molecule has 2 aromatic carbocycles. The van der Waals surface area contributed by atoms with Gasteiger partial charge in [0, 0.05) is 37.3 Å². The number of carbonyl (C=O) groups excluding carboxylic acids is 1. The molecule has 0 bridgehead atoms. The number of hydrogen-bond donors (Lipinski definition) is 0. The van der Waals surface area contributed by atoms with Gasteiger partial charge in [0.25, 0.3) is 0 Å². The molecule has 0 amide bonds. The van der Waals surface area contributed by atoms with E-state index in [0.717, 1.165) is 29.7 Å². The Labute approximate surface area is 177 Å². The van der Waals surface area contributed by atoms with Crippen molar-refractivity contribution in [2.75, 3.05) is 25.6 Å². The van der Waals surface area contributed by atoms with Crippen LogP contribution in [0.5, 0.6) is 5.88 Å². The number of ketones is 1. The summed E-state index contributed by atoms with van der Waals surface area (Å²) in [6.45, 7) is 2.87. The Kier molecular flexibility index (Phi) is 7.17. The van der Waals surface area contributed by atoms with Crippen molar-refractivity contribution in [1.82, 2.24) is 4.98 Å². The monoisotopic (exact) mass is 406 g/mol. The van der Waals surface area contributed by atoms with Gasteiger partial charge >= 0.3 is 0 Å². The van der Waals surface area contributed by atoms with Gasteiger partial charge in [-0.05, 0) is 42.2 Å². The fourth-order valence-corrected chi connectivity index (χ4v) is 3.49. The SMILES string of the molecule is CCCN(C)c1ccc(-c2ccc(C(=O)CCc3cccnc3OC)cc2)cc1F. The normalized spacial score (nSPS) is 10.7. The van der Waals surface area contributed by atoms with E-state index in [0.29, 0.717) is 30.0 Å². The van der Waals surface area contributed by atoms with Gasteiger partial charge in [-0.3, -0.25) is 4.79 Å². The van der Waals surface area contributed by atoms with Gasteiger partial charge in [-0.15, -0.1) is 0 Å². The van der Waals surface area contributed by atoms with Crippen molar-refractivity contribution in [2.24, 2.45) is 0 Å². The largest absolute Gasteiger partial charge is 0.481 e. The zero-order valence-electron chi connectivity index (χ0n) is 17.7. The number of aryl methyl sites for hydroxylation is 1. The Hall–Kier alpha value is -3.21. The summed E-state index contributed by atoms with van der Waals surface area (Å²) in [6, 6.07) is 16.3. The average molecular weight is 407 g/mol. The summed E-state index contributed by atoms with van der Waals surface area (Å²) in [5, 5.41) is 0. The van der Waals surface area contributed by atoms with E-state index in [1.54, 1.807) is 37.6 Å². The predicted octanol–water partition coefficient (Wildman–Crippen LogP) is 5.56. The summed E-state index contributed by atoms with van der Waals surface area (Å²) in [5.41, 5.74) is 3.82. The Balaban J connectivity index is 1.68. The highest BCUT2D eigenvalue weighted by atomic mass is 19.1. The molecule has 5 heteroatoms. The van der Waals surface area contributed by atoms with Crippen molar-refractivity contribution in [3.63, 3.8) is 0 Å². The predicted molar refractivity (Wildman–Crippen MR) is 119 cm³/mol. The number of ether oxygens (including phenoxy) is 1. The minimum Gasteiger partial charge on any atom is -0.481 e. The van der Waals surface area contributed by atoms with Crippen molar-refractivity contribution in [2.45, 2.75) is 26.2 Å². The molecular weight excluding hydrogens is 379 g/mol. The van der Waals surface area contributed by atoms with Gasteiger partial charge in [0.05, 0.1) is 12.8 Å². The molecule has 0 fully saturated rings. The lowest BCUT2D eigenvalue weighted by atomic mass is 9.99. The topological polar surface area (TPSA) is 42.4 Å². The molecule has 4 nitrogen and oxygen atoms in total. The van der Waals surface area contributed by atoms with Crippen LogP contribution in [0.25, 0.3) is 11.1 Å². The van der Waals surface area contributed by atoms with E-state index >= 15 is 0 Å². The van der Waals surface area contributed by atoms with Crippen LogP contribution < -0.4 is 9.64 Å². The Morgan fingerprint density at radius 1 is 1.10 bits per heavy atom. The minimum atomic E-state index is -0.242. The van der Waals surface area contributed by atoms with Crippen LogP contribution in [0.2, 0.25) is 0 Å². The highest BCUT2D eigenvalue weighted by Gasteiger charge is 2.11. The third-order valence-electron chi connectivity index (χ3n) is 5.12. The summed E-state index contributed by atoms with van der Waals surface area (Å²) >= 11 is 0.